The maximum absolute atomic E-state index is 14.5. The molecule has 1 unspecified atom stereocenters. The molecule has 5 rings (SSSR count). The van der Waals surface area contributed by atoms with Crippen molar-refractivity contribution in [3.63, 3.8) is 0 Å². The molecule has 43 heavy (non-hydrogen) atoms. The summed E-state index contributed by atoms with van der Waals surface area (Å²) >= 11 is 11.6. The predicted octanol–water partition coefficient (Wildman–Crippen LogP) is 7.94. The van der Waals surface area contributed by atoms with Crippen LogP contribution in [0, 0.1) is 11.6 Å². The molecule has 0 fully saturated rings. The van der Waals surface area contributed by atoms with Gasteiger partial charge in [0.2, 0.25) is 0 Å². The first-order valence-corrected chi connectivity index (χ1v) is 13.4. The normalized spacial score (nSPS) is 16.8. The molecule has 1 heterocycles. The number of carbonyl (C=O) groups excluding carboxylic acids is 1. The van der Waals surface area contributed by atoms with Crippen molar-refractivity contribution in [2.45, 2.75) is 24.8 Å². The second kappa shape index (κ2) is 12.2. The molecule has 0 bridgehead atoms. The third-order valence-corrected chi connectivity index (χ3v) is 7.35. The summed E-state index contributed by atoms with van der Waals surface area (Å²) in [6, 6.07) is 17.3. The number of rotatable bonds is 8. The molecule has 0 saturated carbocycles. The van der Waals surface area contributed by atoms with Crippen LogP contribution in [0.5, 0.6) is 0 Å². The number of nitrogens with zero attached hydrogens (tertiary/aromatic N) is 2. The van der Waals surface area contributed by atoms with Crippen molar-refractivity contribution < 1.29 is 36.4 Å². The molecule has 1 aliphatic heterocycles. The van der Waals surface area contributed by atoms with Gasteiger partial charge in [0.05, 0.1) is 28.5 Å². The molecule has 4 aromatic rings. The summed E-state index contributed by atoms with van der Waals surface area (Å²) in [5, 5.41) is 9.86. The summed E-state index contributed by atoms with van der Waals surface area (Å²) < 4.78 is 71.0. The molecule has 0 saturated heterocycles. The second-order valence-corrected chi connectivity index (χ2v) is 10.3. The summed E-state index contributed by atoms with van der Waals surface area (Å²) in [6.07, 6.45) is -4.43. The van der Waals surface area contributed by atoms with E-state index in [0.717, 1.165) is 12.1 Å². The SMILES string of the molecule is O=C(NC/C=N/OCc1ccccc1F)c1ccc(C2=NOC(c3cc(Cl)c(F)c(Cl)c3)(C(F)(F)F)C2)c2ccccc12. The summed E-state index contributed by atoms with van der Waals surface area (Å²) in [4.78, 5) is 23.1. The van der Waals surface area contributed by atoms with Gasteiger partial charge < -0.3 is 15.0 Å². The lowest BCUT2D eigenvalue weighted by molar-refractivity contribution is -0.275. The molecular formula is C30H20Cl2F5N3O3. The first kappa shape index (κ1) is 30.2. The molecular weight excluding hydrogens is 616 g/mol. The lowest BCUT2D eigenvalue weighted by Crippen LogP contribution is -2.42. The van der Waals surface area contributed by atoms with Gasteiger partial charge in [0.15, 0.2) is 5.82 Å². The Kier molecular flexibility index (Phi) is 8.57. The van der Waals surface area contributed by atoms with E-state index in [-0.39, 0.29) is 24.4 Å². The zero-order chi connectivity index (χ0) is 30.8. The van der Waals surface area contributed by atoms with Gasteiger partial charge in [-0.15, -0.1) is 0 Å². The largest absolute Gasteiger partial charge is 0.435 e. The van der Waals surface area contributed by atoms with Crippen molar-refractivity contribution in [3.05, 3.63) is 117 Å². The molecule has 4 aromatic carbocycles. The minimum Gasteiger partial charge on any atom is -0.391 e. The fourth-order valence-electron chi connectivity index (χ4n) is 4.63. The number of nitrogens with one attached hydrogen (secondary N) is 1. The standard InChI is InChI=1S/C30H20Cl2F5N3O3/c31-23-13-18(14-24(32)27(23)34)29(30(35,36)37)15-26(40-43-29)21-9-10-22(20-7-3-2-6-19(20)21)28(41)38-11-12-39-42-16-17-5-1-4-8-25(17)33/h1-10,12-14H,11,15-16H2,(H,38,41)/b39-12+. The average Bonchev–Trinajstić information content (AvgIpc) is 3.44. The van der Waals surface area contributed by atoms with Gasteiger partial charge in [-0.1, -0.05) is 82.0 Å². The number of carbonyl (C=O) groups is 1. The number of fused-ring (bicyclic) bond motifs is 1. The summed E-state index contributed by atoms with van der Waals surface area (Å²) in [5.74, 6) is -1.96. The zero-order valence-corrected chi connectivity index (χ0v) is 23.4. The Morgan fingerprint density at radius 1 is 1.02 bits per heavy atom. The van der Waals surface area contributed by atoms with Crippen molar-refractivity contribution in [2.75, 3.05) is 6.54 Å². The maximum atomic E-state index is 14.5. The zero-order valence-electron chi connectivity index (χ0n) is 21.9. The Morgan fingerprint density at radius 2 is 1.70 bits per heavy atom. The third-order valence-electron chi connectivity index (χ3n) is 6.80. The van der Waals surface area contributed by atoms with Crippen LogP contribution in [0.3, 0.4) is 0 Å². The van der Waals surface area contributed by atoms with Crippen LogP contribution in [0.4, 0.5) is 22.0 Å². The molecule has 1 N–H and O–H groups in total. The quantitative estimate of drug-likeness (QED) is 0.0924. The number of hydrogen-bond donors (Lipinski definition) is 1. The molecule has 0 aromatic heterocycles. The summed E-state index contributed by atoms with van der Waals surface area (Å²) in [5.41, 5.74) is -2.63. The lowest BCUT2D eigenvalue weighted by atomic mass is 9.85. The Morgan fingerprint density at radius 3 is 2.40 bits per heavy atom. The number of hydrogen-bond acceptors (Lipinski definition) is 5. The van der Waals surface area contributed by atoms with Gasteiger partial charge in [-0.05, 0) is 35.0 Å². The summed E-state index contributed by atoms with van der Waals surface area (Å²) in [7, 11) is 0. The highest BCUT2D eigenvalue weighted by Gasteiger charge is 2.62. The van der Waals surface area contributed by atoms with E-state index < -0.39 is 51.3 Å². The molecule has 1 aliphatic rings. The third kappa shape index (κ3) is 6.00. The number of halogens is 7. The minimum absolute atomic E-state index is 0.0103. The van der Waals surface area contributed by atoms with Crippen LogP contribution < -0.4 is 5.32 Å². The van der Waals surface area contributed by atoms with Crippen LogP contribution in [-0.2, 0) is 21.9 Å². The van der Waals surface area contributed by atoms with E-state index in [9.17, 15) is 26.7 Å². The van der Waals surface area contributed by atoms with Crippen LogP contribution in [0.1, 0.15) is 33.5 Å². The number of alkyl halides is 3. The van der Waals surface area contributed by atoms with Crippen molar-refractivity contribution >= 4 is 51.8 Å². The molecule has 0 spiro atoms. The van der Waals surface area contributed by atoms with E-state index >= 15 is 0 Å². The molecule has 13 heteroatoms. The fraction of sp³-hybridized carbons (Fsp3) is 0.167. The molecule has 1 amide bonds. The monoisotopic (exact) mass is 635 g/mol. The minimum atomic E-state index is -4.97. The first-order valence-electron chi connectivity index (χ1n) is 12.7. The van der Waals surface area contributed by atoms with Gasteiger partial charge in [0, 0.05) is 28.7 Å². The lowest BCUT2D eigenvalue weighted by Gasteiger charge is -2.29. The van der Waals surface area contributed by atoms with E-state index in [1.54, 1.807) is 42.5 Å². The molecule has 6 nitrogen and oxygen atoms in total. The van der Waals surface area contributed by atoms with E-state index in [0.29, 0.717) is 21.9 Å². The fourth-order valence-corrected chi connectivity index (χ4v) is 5.12. The van der Waals surface area contributed by atoms with Crippen LogP contribution in [0.25, 0.3) is 10.8 Å². The molecule has 1 atom stereocenters. The van der Waals surface area contributed by atoms with Gasteiger partial charge in [-0.3, -0.25) is 4.79 Å². The van der Waals surface area contributed by atoms with Crippen LogP contribution in [0.15, 0.2) is 83.1 Å². The van der Waals surface area contributed by atoms with E-state index in [4.69, 9.17) is 32.9 Å². The average molecular weight is 636 g/mol. The first-order chi connectivity index (χ1) is 20.5. The highest BCUT2D eigenvalue weighted by molar-refractivity contribution is 6.35. The molecule has 0 aliphatic carbocycles. The Labute approximate surface area is 251 Å². The van der Waals surface area contributed by atoms with Crippen LogP contribution in [-0.4, -0.2) is 30.6 Å². The van der Waals surface area contributed by atoms with Gasteiger partial charge in [-0.2, -0.15) is 13.2 Å². The topological polar surface area (TPSA) is 72.3 Å². The van der Waals surface area contributed by atoms with E-state index in [1.165, 1.54) is 24.4 Å². The number of amides is 1. The van der Waals surface area contributed by atoms with Gasteiger partial charge >= 0.3 is 6.18 Å². The van der Waals surface area contributed by atoms with Gasteiger partial charge in [-0.25, -0.2) is 8.78 Å². The second-order valence-electron chi connectivity index (χ2n) is 9.45. The van der Waals surface area contributed by atoms with Gasteiger partial charge in [0.1, 0.15) is 12.4 Å². The van der Waals surface area contributed by atoms with Crippen molar-refractivity contribution in [1.29, 1.82) is 0 Å². The maximum Gasteiger partial charge on any atom is 0.435 e. The highest BCUT2D eigenvalue weighted by Crippen LogP contribution is 2.50. The van der Waals surface area contributed by atoms with Crippen molar-refractivity contribution in [1.82, 2.24) is 5.32 Å². The smallest absolute Gasteiger partial charge is 0.391 e. The van der Waals surface area contributed by atoms with Crippen molar-refractivity contribution in [2.24, 2.45) is 10.3 Å². The Bertz CT molecular complexity index is 1740. The molecule has 0 radical (unpaired) electrons. The van der Waals surface area contributed by atoms with Gasteiger partial charge in [0.25, 0.3) is 11.5 Å². The van der Waals surface area contributed by atoms with Crippen molar-refractivity contribution in [3.8, 4) is 0 Å². The predicted molar refractivity (Wildman–Crippen MR) is 152 cm³/mol. The van der Waals surface area contributed by atoms with Crippen LogP contribution in [0.2, 0.25) is 10.0 Å². The van der Waals surface area contributed by atoms with E-state index in [2.05, 4.69) is 15.6 Å². The summed E-state index contributed by atoms with van der Waals surface area (Å²) in [6.45, 7) is -0.0999. The highest BCUT2D eigenvalue weighted by atomic mass is 35.5. The Hall–Kier alpha value is -4.22. The number of benzene rings is 4. The van der Waals surface area contributed by atoms with E-state index in [1.807, 2.05) is 0 Å². The van der Waals surface area contributed by atoms with Crippen LogP contribution >= 0.6 is 23.2 Å². The molecule has 222 valence electrons. The Balaban J connectivity index is 1.34. The number of oxime groups is 2.